The van der Waals surface area contributed by atoms with Crippen molar-refractivity contribution < 1.29 is 14.7 Å². The third kappa shape index (κ3) is 4.90. The van der Waals surface area contributed by atoms with Crippen molar-refractivity contribution in [2.24, 2.45) is 4.99 Å². The summed E-state index contributed by atoms with van der Waals surface area (Å²) < 4.78 is 0. The van der Waals surface area contributed by atoms with Gasteiger partial charge >= 0.3 is 6.03 Å². The van der Waals surface area contributed by atoms with Gasteiger partial charge in [-0.15, -0.1) is 0 Å². The van der Waals surface area contributed by atoms with E-state index in [4.69, 9.17) is 10.7 Å². The van der Waals surface area contributed by atoms with Crippen LogP contribution < -0.4 is 5.73 Å². The number of urea groups is 1. The fourth-order valence-corrected chi connectivity index (χ4v) is 5.36. The Morgan fingerprint density at radius 3 is 2.65 bits per heavy atom. The topological polar surface area (TPSA) is 147 Å². The number of aliphatic imine (C=N–C) groups is 1. The summed E-state index contributed by atoms with van der Waals surface area (Å²) in [5.41, 5.74) is 6.56. The van der Waals surface area contributed by atoms with Crippen LogP contribution in [-0.2, 0) is 17.6 Å². The Balaban J connectivity index is 1.80. The Morgan fingerprint density at radius 1 is 1.22 bits per heavy atom. The predicted octanol–water partition coefficient (Wildman–Crippen LogP) is 1.26. The van der Waals surface area contributed by atoms with E-state index in [1.54, 1.807) is 4.90 Å². The highest BCUT2D eigenvalue weighted by atomic mass is 16.3. The lowest BCUT2D eigenvalue weighted by molar-refractivity contribution is -0.151. The molecule has 4 rings (SSSR count). The zero-order valence-corrected chi connectivity index (χ0v) is 21.8. The first kappa shape index (κ1) is 26.6. The maximum atomic E-state index is 14.0. The average molecular weight is 512 g/mol. The summed E-state index contributed by atoms with van der Waals surface area (Å²) in [6.07, 6.45) is 3.39. The van der Waals surface area contributed by atoms with Gasteiger partial charge in [-0.2, -0.15) is 5.10 Å². The van der Waals surface area contributed by atoms with Gasteiger partial charge in [0, 0.05) is 31.9 Å². The number of hydrogen-bond donors (Lipinski definition) is 3. The van der Waals surface area contributed by atoms with Crippen LogP contribution in [0.5, 0.6) is 0 Å². The standard InChI is InChI=1S/C25H37N9O3/c1-4-11-32-23(36)22-25(5-2,33(24(32)37)12-10-18-8-7-9-19(26)15-18)29-21(16-20-27-17-28-30-20)34(22)31(6-3)13-14-35/h7-9,15,17,22,35H,4-6,10-14,16,26H2,1-3H3,(H,27,28,30). The highest BCUT2D eigenvalue weighted by molar-refractivity contribution is 6.05. The van der Waals surface area contributed by atoms with Crippen molar-refractivity contribution in [1.29, 1.82) is 0 Å². The number of fused-ring (bicyclic) bond motifs is 1. The summed E-state index contributed by atoms with van der Waals surface area (Å²) >= 11 is 0. The number of anilines is 1. The van der Waals surface area contributed by atoms with Gasteiger partial charge in [0.25, 0.3) is 5.91 Å². The van der Waals surface area contributed by atoms with Crippen molar-refractivity contribution in [3.8, 4) is 0 Å². The third-order valence-corrected chi connectivity index (χ3v) is 7.06. The van der Waals surface area contributed by atoms with Gasteiger partial charge in [0.2, 0.25) is 0 Å². The van der Waals surface area contributed by atoms with E-state index in [2.05, 4.69) is 15.2 Å². The minimum Gasteiger partial charge on any atom is -0.399 e. The van der Waals surface area contributed by atoms with E-state index < -0.39 is 11.7 Å². The van der Waals surface area contributed by atoms with E-state index in [0.717, 1.165) is 5.56 Å². The molecular weight excluding hydrogens is 474 g/mol. The molecule has 2 aliphatic rings. The number of aliphatic hydroxyl groups is 1. The third-order valence-electron chi connectivity index (χ3n) is 7.06. The number of hydrogen-bond acceptors (Lipinski definition) is 9. The van der Waals surface area contributed by atoms with Gasteiger partial charge in [0.15, 0.2) is 11.7 Å². The Bertz CT molecular complexity index is 1120. The predicted molar refractivity (Wildman–Crippen MR) is 139 cm³/mol. The second kappa shape index (κ2) is 11.3. The van der Waals surface area contributed by atoms with Crippen molar-refractivity contribution in [1.82, 2.24) is 35.0 Å². The van der Waals surface area contributed by atoms with Crippen LogP contribution in [0.4, 0.5) is 10.5 Å². The number of nitrogens with two attached hydrogens (primary N) is 1. The SMILES string of the molecule is CCCN1C(=O)C2N(N(CC)CCO)C(Cc3ncn[nH]3)=NC2(CC)N(CCc2cccc(N)c2)C1=O. The molecule has 37 heavy (non-hydrogen) atoms. The molecule has 2 unspecified atom stereocenters. The molecule has 2 aromatic rings. The van der Waals surface area contributed by atoms with E-state index >= 15 is 0 Å². The van der Waals surface area contributed by atoms with E-state index in [-0.39, 0.29) is 18.5 Å². The van der Waals surface area contributed by atoms with Crippen molar-refractivity contribution >= 4 is 23.5 Å². The molecule has 1 aromatic carbocycles. The number of aliphatic hydroxyl groups excluding tert-OH is 1. The zero-order chi connectivity index (χ0) is 26.6. The van der Waals surface area contributed by atoms with Crippen molar-refractivity contribution in [2.75, 3.05) is 38.5 Å². The molecule has 200 valence electrons. The average Bonchev–Trinajstić information content (AvgIpc) is 3.52. The Labute approximate surface area is 217 Å². The molecule has 12 nitrogen and oxygen atoms in total. The Hall–Kier alpha value is -3.51. The van der Waals surface area contributed by atoms with Gasteiger partial charge in [-0.25, -0.2) is 19.8 Å². The molecule has 0 saturated carbocycles. The number of likely N-dealkylation sites (N-methyl/N-ethyl adjacent to an activating group) is 1. The van der Waals surface area contributed by atoms with Crippen LogP contribution in [0.25, 0.3) is 0 Å². The first-order valence-corrected chi connectivity index (χ1v) is 12.9. The second-order valence-electron chi connectivity index (χ2n) is 9.31. The molecule has 0 spiro atoms. The molecule has 3 amide bonds. The molecule has 2 atom stereocenters. The van der Waals surface area contributed by atoms with Crippen molar-refractivity contribution in [2.45, 2.75) is 58.2 Å². The summed E-state index contributed by atoms with van der Waals surface area (Å²) in [6.45, 7) is 7.34. The van der Waals surface area contributed by atoms with Crippen LogP contribution in [0.1, 0.15) is 45.0 Å². The maximum absolute atomic E-state index is 14.0. The lowest BCUT2D eigenvalue weighted by Gasteiger charge is -2.51. The van der Waals surface area contributed by atoms with E-state index in [1.165, 1.54) is 11.2 Å². The molecule has 12 heteroatoms. The van der Waals surface area contributed by atoms with Crippen molar-refractivity contribution in [3.05, 3.63) is 42.0 Å². The molecule has 3 heterocycles. The van der Waals surface area contributed by atoms with Gasteiger partial charge < -0.3 is 10.8 Å². The fraction of sp³-hybridized carbons (Fsp3) is 0.560. The molecule has 0 aliphatic carbocycles. The molecule has 0 bridgehead atoms. The highest BCUT2D eigenvalue weighted by Crippen LogP contribution is 2.41. The summed E-state index contributed by atoms with van der Waals surface area (Å²) in [5.74, 6) is 0.929. The normalized spacial score (nSPS) is 21.7. The first-order valence-electron chi connectivity index (χ1n) is 12.9. The number of H-pyrrole nitrogens is 1. The number of carbonyl (C=O) groups excluding carboxylic acids is 2. The summed E-state index contributed by atoms with van der Waals surface area (Å²) in [4.78, 5) is 40.4. The molecule has 1 saturated heterocycles. The van der Waals surface area contributed by atoms with Gasteiger partial charge in [-0.1, -0.05) is 32.9 Å². The van der Waals surface area contributed by atoms with Gasteiger partial charge in [0.1, 0.15) is 18.0 Å². The van der Waals surface area contributed by atoms with E-state index in [0.29, 0.717) is 69.2 Å². The molecule has 4 N–H and O–H groups in total. The minimum absolute atomic E-state index is 0.0866. The molecular formula is C25H37N9O3. The number of aromatic nitrogens is 3. The van der Waals surface area contributed by atoms with Crippen LogP contribution in [0, 0.1) is 0 Å². The van der Waals surface area contributed by atoms with Crippen LogP contribution in [0.3, 0.4) is 0 Å². The lowest BCUT2D eigenvalue weighted by Crippen LogP contribution is -2.74. The Morgan fingerprint density at radius 2 is 2.03 bits per heavy atom. The minimum atomic E-state index is -1.10. The number of aromatic amines is 1. The highest BCUT2D eigenvalue weighted by Gasteiger charge is 2.62. The zero-order valence-electron chi connectivity index (χ0n) is 21.8. The summed E-state index contributed by atoms with van der Waals surface area (Å²) in [6, 6.07) is 6.52. The fourth-order valence-electron chi connectivity index (χ4n) is 5.36. The maximum Gasteiger partial charge on any atom is 0.328 e. The first-order chi connectivity index (χ1) is 17.9. The van der Waals surface area contributed by atoms with Crippen molar-refractivity contribution in [3.63, 3.8) is 0 Å². The molecule has 2 aliphatic heterocycles. The molecule has 0 radical (unpaired) electrons. The van der Waals surface area contributed by atoms with Crippen LogP contribution >= 0.6 is 0 Å². The quantitative estimate of drug-likeness (QED) is 0.361. The summed E-state index contributed by atoms with van der Waals surface area (Å²) in [7, 11) is 0. The largest absolute Gasteiger partial charge is 0.399 e. The molecule has 1 aromatic heterocycles. The number of hydrazine groups is 1. The van der Waals surface area contributed by atoms with Crippen LogP contribution in [-0.4, -0.2) is 102 Å². The number of rotatable bonds is 12. The number of nitrogen functional groups attached to an aromatic ring is 1. The van der Waals surface area contributed by atoms with Gasteiger partial charge in [0.05, 0.1) is 13.0 Å². The second-order valence-corrected chi connectivity index (χ2v) is 9.31. The lowest BCUT2D eigenvalue weighted by atomic mass is 9.91. The van der Waals surface area contributed by atoms with Crippen LogP contribution in [0.2, 0.25) is 0 Å². The van der Waals surface area contributed by atoms with Crippen LogP contribution in [0.15, 0.2) is 35.6 Å². The van der Waals surface area contributed by atoms with Gasteiger partial charge in [-0.05, 0) is 37.0 Å². The molecule has 1 fully saturated rings. The number of amides is 3. The number of nitrogens with one attached hydrogen (secondary N) is 1. The number of imide groups is 1. The monoisotopic (exact) mass is 511 g/mol. The smallest absolute Gasteiger partial charge is 0.328 e. The van der Waals surface area contributed by atoms with Gasteiger partial charge in [-0.3, -0.25) is 24.7 Å². The Kier molecular flexibility index (Phi) is 8.08. The number of amidine groups is 1. The number of nitrogens with zero attached hydrogens (tertiary/aromatic N) is 7. The summed E-state index contributed by atoms with van der Waals surface area (Å²) in [5, 5.41) is 20.4. The van der Waals surface area contributed by atoms with E-state index in [9.17, 15) is 14.7 Å². The van der Waals surface area contributed by atoms with E-state index in [1.807, 2.05) is 55.1 Å². The number of benzene rings is 1. The number of carbonyl (C=O) groups is 2.